The quantitative estimate of drug-likeness (QED) is 0.0896. The second kappa shape index (κ2) is 19.5. The summed E-state index contributed by atoms with van der Waals surface area (Å²) in [6.07, 6.45) is -4.92. The maximum absolute atomic E-state index is 13.2. The third kappa shape index (κ3) is 14.8. The molecule has 1 saturated carbocycles. The van der Waals surface area contributed by atoms with Crippen molar-refractivity contribution in [1.82, 2.24) is 16.0 Å². The van der Waals surface area contributed by atoms with Crippen molar-refractivity contribution in [1.29, 1.82) is 0 Å². The highest BCUT2D eigenvalue weighted by molar-refractivity contribution is 5.76. The molecule has 0 unspecified atom stereocenters. The fourth-order valence-corrected chi connectivity index (χ4v) is 5.15. The maximum Gasteiger partial charge on any atom is 0.407 e. The molecule has 0 aromatic rings. The Hall–Kier alpha value is -2.73. The van der Waals surface area contributed by atoms with Crippen LogP contribution in [0.2, 0.25) is 0 Å². The molecule has 0 spiro atoms. The molecular formula is C32H58N4O12. The van der Waals surface area contributed by atoms with Crippen LogP contribution in [-0.4, -0.2) is 120 Å². The third-order valence-electron chi connectivity index (χ3n) is 7.24. The standard InChI is InChI=1S/C32H58N4O12/c1-8-22(38)28(43-16-15-37)46-27-20(35-23(39)12-10-14-34-29(41)47-31(2,3)4)17-21(36-30(42)48-32(5,6)7)26(25(27)40)45-24-13-9-11-19(18-33)44-24/h11,20-22,24-28,37-38,40H,8-10,12-18,33H2,1-7H3,(H,34,41)(H,35,39)(H,36,42)/t20-,21+,22-,24-,25+,26-,27+,28-/m1/s1. The van der Waals surface area contributed by atoms with E-state index in [9.17, 15) is 29.7 Å². The Bertz CT molecular complexity index is 1050. The van der Waals surface area contributed by atoms with Crippen LogP contribution in [0.3, 0.4) is 0 Å². The second-order valence-corrected chi connectivity index (χ2v) is 13.8. The summed E-state index contributed by atoms with van der Waals surface area (Å²) in [6, 6.07) is -1.81. The Kier molecular flexibility index (Phi) is 16.8. The van der Waals surface area contributed by atoms with Gasteiger partial charge in [0.15, 0.2) is 12.6 Å². The molecular weight excluding hydrogens is 632 g/mol. The van der Waals surface area contributed by atoms with Gasteiger partial charge in [0.2, 0.25) is 5.91 Å². The highest BCUT2D eigenvalue weighted by Gasteiger charge is 2.49. The van der Waals surface area contributed by atoms with Gasteiger partial charge in [-0.25, -0.2) is 9.59 Å². The molecule has 48 heavy (non-hydrogen) atoms. The molecule has 8 N–H and O–H groups in total. The molecule has 8 atom stereocenters. The van der Waals surface area contributed by atoms with Crippen LogP contribution in [0.25, 0.3) is 0 Å². The molecule has 16 heteroatoms. The lowest BCUT2D eigenvalue weighted by Gasteiger charge is -2.46. The molecule has 2 rings (SSSR count). The van der Waals surface area contributed by atoms with Gasteiger partial charge < -0.3 is 65.4 Å². The van der Waals surface area contributed by atoms with Crippen molar-refractivity contribution in [2.24, 2.45) is 5.73 Å². The van der Waals surface area contributed by atoms with E-state index in [2.05, 4.69) is 16.0 Å². The highest BCUT2D eigenvalue weighted by Crippen LogP contribution is 2.31. The van der Waals surface area contributed by atoms with Crippen molar-refractivity contribution in [3.63, 3.8) is 0 Å². The van der Waals surface area contributed by atoms with Crippen molar-refractivity contribution >= 4 is 18.1 Å². The number of ether oxygens (including phenoxy) is 6. The lowest BCUT2D eigenvalue weighted by molar-refractivity contribution is -0.270. The number of carbonyl (C=O) groups excluding carboxylic acids is 3. The van der Waals surface area contributed by atoms with E-state index in [0.29, 0.717) is 18.6 Å². The summed E-state index contributed by atoms with van der Waals surface area (Å²) in [4.78, 5) is 38.1. The van der Waals surface area contributed by atoms with Crippen LogP contribution in [0.5, 0.6) is 0 Å². The van der Waals surface area contributed by atoms with Crippen LogP contribution in [0, 0.1) is 0 Å². The molecule has 1 fully saturated rings. The van der Waals surface area contributed by atoms with Gasteiger partial charge in [-0.05, 0) is 73.3 Å². The lowest BCUT2D eigenvalue weighted by atomic mass is 9.83. The number of alkyl carbamates (subject to hydrolysis) is 2. The van der Waals surface area contributed by atoms with Crippen molar-refractivity contribution in [2.75, 3.05) is 26.3 Å². The number of rotatable bonds is 16. The van der Waals surface area contributed by atoms with Crippen LogP contribution < -0.4 is 21.7 Å². The molecule has 16 nitrogen and oxygen atoms in total. The molecule has 0 bridgehead atoms. The number of allylic oxidation sites excluding steroid dienone is 1. The predicted octanol–water partition coefficient (Wildman–Crippen LogP) is 1.29. The number of nitrogens with two attached hydrogens (primary N) is 1. The van der Waals surface area contributed by atoms with Crippen molar-refractivity contribution < 1.29 is 58.1 Å². The summed E-state index contributed by atoms with van der Waals surface area (Å²) in [6.45, 7) is 11.9. The molecule has 2 aliphatic rings. The summed E-state index contributed by atoms with van der Waals surface area (Å²) in [5.74, 6) is 0.107. The monoisotopic (exact) mass is 690 g/mol. The van der Waals surface area contributed by atoms with Crippen molar-refractivity contribution in [3.8, 4) is 0 Å². The molecule has 278 valence electrons. The van der Waals surface area contributed by atoms with E-state index < -0.39 is 78.4 Å². The number of aliphatic hydroxyl groups is 3. The largest absolute Gasteiger partial charge is 0.468 e. The number of hydrogen-bond donors (Lipinski definition) is 7. The first-order valence-electron chi connectivity index (χ1n) is 16.7. The van der Waals surface area contributed by atoms with Crippen LogP contribution in [0.1, 0.15) is 87.0 Å². The molecule has 0 radical (unpaired) electrons. The topological polar surface area (TPSA) is 229 Å². The summed E-state index contributed by atoms with van der Waals surface area (Å²) in [7, 11) is 0. The normalized spacial score (nSPS) is 25.9. The van der Waals surface area contributed by atoms with Gasteiger partial charge in [-0.2, -0.15) is 0 Å². The van der Waals surface area contributed by atoms with Gasteiger partial charge in [0.25, 0.3) is 0 Å². The molecule has 0 aromatic carbocycles. The van der Waals surface area contributed by atoms with Gasteiger partial charge >= 0.3 is 12.2 Å². The molecule has 1 aliphatic heterocycles. The fraction of sp³-hybridized carbons (Fsp3) is 0.844. The minimum atomic E-state index is -1.49. The first-order chi connectivity index (χ1) is 22.5. The third-order valence-corrected chi connectivity index (χ3v) is 7.24. The number of amides is 3. The Balaban J connectivity index is 2.32. The van der Waals surface area contributed by atoms with Crippen LogP contribution >= 0.6 is 0 Å². The first-order valence-corrected chi connectivity index (χ1v) is 16.7. The second-order valence-electron chi connectivity index (χ2n) is 13.8. The van der Waals surface area contributed by atoms with E-state index in [-0.39, 0.29) is 52.0 Å². The Morgan fingerprint density at radius 3 is 2.29 bits per heavy atom. The van der Waals surface area contributed by atoms with Crippen molar-refractivity contribution in [2.45, 2.75) is 147 Å². The van der Waals surface area contributed by atoms with Gasteiger partial charge in [-0.1, -0.05) is 6.92 Å². The molecule has 3 amide bonds. The van der Waals surface area contributed by atoms with Gasteiger partial charge in [-0.3, -0.25) is 4.79 Å². The minimum Gasteiger partial charge on any atom is -0.468 e. The number of nitrogens with one attached hydrogen (secondary N) is 3. The van der Waals surface area contributed by atoms with E-state index in [4.69, 9.17) is 34.2 Å². The summed E-state index contributed by atoms with van der Waals surface area (Å²) in [5, 5.41) is 40.1. The van der Waals surface area contributed by atoms with Crippen LogP contribution in [-0.2, 0) is 33.2 Å². The van der Waals surface area contributed by atoms with E-state index in [0.717, 1.165) is 0 Å². The summed E-state index contributed by atoms with van der Waals surface area (Å²) in [5.41, 5.74) is 4.28. The minimum absolute atomic E-state index is 0.00530. The molecule has 0 saturated heterocycles. The smallest absolute Gasteiger partial charge is 0.407 e. The summed E-state index contributed by atoms with van der Waals surface area (Å²) < 4.78 is 34.5. The zero-order valence-electron chi connectivity index (χ0n) is 29.4. The van der Waals surface area contributed by atoms with E-state index in [1.807, 2.05) is 6.08 Å². The number of hydrogen-bond acceptors (Lipinski definition) is 13. The first kappa shape index (κ1) is 41.4. The SMILES string of the molecule is CC[C@@H](O)[C@H](OCCO)O[C@@H]1[C@@H](O)[C@H](O[C@@H]2CCC=C(CN)O2)[C@@H](NC(=O)OC(C)(C)C)C[C@H]1NC(=O)CCCNC(=O)OC(C)(C)C. The number of aliphatic hydroxyl groups excluding tert-OH is 3. The van der Waals surface area contributed by atoms with Crippen LogP contribution in [0.15, 0.2) is 11.8 Å². The van der Waals surface area contributed by atoms with Gasteiger partial charge in [-0.15, -0.1) is 0 Å². The molecule has 1 aliphatic carbocycles. The summed E-state index contributed by atoms with van der Waals surface area (Å²) >= 11 is 0. The predicted molar refractivity (Wildman–Crippen MR) is 173 cm³/mol. The molecule has 0 aromatic heterocycles. The van der Waals surface area contributed by atoms with Gasteiger partial charge in [0.05, 0.1) is 31.8 Å². The zero-order valence-corrected chi connectivity index (χ0v) is 29.4. The Morgan fingerprint density at radius 2 is 1.69 bits per heavy atom. The van der Waals surface area contributed by atoms with E-state index in [1.165, 1.54) is 0 Å². The Morgan fingerprint density at radius 1 is 1.04 bits per heavy atom. The highest BCUT2D eigenvalue weighted by atomic mass is 16.7. The average molecular weight is 691 g/mol. The van der Waals surface area contributed by atoms with Crippen LogP contribution in [0.4, 0.5) is 9.59 Å². The van der Waals surface area contributed by atoms with E-state index >= 15 is 0 Å². The molecule has 1 heterocycles. The van der Waals surface area contributed by atoms with Gasteiger partial charge in [0.1, 0.15) is 41.4 Å². The average Bonchev–Trinajstić information content (AvgIpc) is 2.98. The van der Waals surface area contributed by atoms with E-state index in [1.54, 1.807) is 48.5 Å². The van der Waals surface area contributed by atoms with Gasteiger partial charge in [0, 0.05) is 19.4 Å². The number of carbonyl (C=O) groups is 3. The van der Waals surface area contributed by atoms with Crippen molar-refractivity contribution in [3.05, 3.63) is 11.8 Å². The Labute approximate surface area is 283 Å². The lowest BCUT2D eigenvalue weighted by Crippen LogP contribution is -2.67. The zero-order chi connectivity index (χ0) is 36.1. The fourth-order valence-electron chi connectivity index (χ4n) is 5.15. The maximum atomic E-state index is 13.2.